The molecule has 2 aromatic rings. The number of aliphatic carboxylic acids is 1. The van der Waals surface area contributed by atoms with Gasteiger partial charge in [-0.15, -0.1) is 11.3 Å². The molecule has 0 aliphatic carbocycles. The van der Waals surface area contributed by atoms with Crippen LogP contribution in [-0.2, 0) is 21.2 Å². The highest BCUT2D eigenvalue weighted by Gasteiger charge is 2.12. The first kappa shape index (κ1) is 16.6. The number of carbonyl (C=O) groups is 1. The van der Waals surface area contributed by atoms with Crippen LogP contribution in [0, 0.1) is 0 Å². The van der Waals surface area contributed by atoms with E-state index in [0.717, 1.165) is 22.4 Å². The summed E-state index contributed by atoms with van der Waals surface area (Å²) in [6, 6.07) is 7.04. The van der Waals surface area contributed by atoms with Gasteiger partial charge in [0.25, 0.3) is 0 Å². The minimum atomic E-state index is -3.26. The van der Waals surface area contributed by atoms with Crippen molar-refractivity contribution in [2.75, 3.05) is 6.26 Å². The van der Waals surface area contributed by atoms with Crippen molar-refractivity contribution in [3.05, 3.63) is 40.9 Å². The molecular weight excluding hydrogens is 324 g/mol. The molecule has 1 atom stereocenters. The van der Waals surface area contributed by atoms with E-state index in [1.807, 2.05) is 24.3 Å². The smallest absolute Gasteiger partial charge is 0.309 e. The summed E-state index contributed by atoms with van der Waals surface area (Å²) in [5.74, 6) is -0.909. The third-order valence-corrected chi connectivity index (χ3v) is 4.65. The molecule has 1 aromatic heterocycles. The standard InChI is InChI=1S/C14H16N2O4S2/c1-9(16-22(2,19)20)10-3-5-11(6-4-10)14-15-12(8-21-14)7-13(17)18/h3-6,8-9,16H,7H2,1-2H3,(H,17,18)/t9-/m0/s1. The second kappa shape index (κ2) is 6.55. The van der Waals surface area contributed by atoms with E-state index in [9.17, 15) is 13.2 Å². The highest BCUT2D eigenvalue weighted by atomic mass is 32.2. The second-order valence-corrected chi connectivity index (χ2v) is 7.59. The number of nitrogens with zero attached hydrogens (tertiary/aromatic N) is 1. The van der Waals surface area contributed by atoms with Crippen molar-refractivity contribution in [2.45, 2.75) is 19.4 Å². The van der Waals surface area contributed by atoms with E-state index >= 15 is 0 Å². The Kier molecular flexibility index (Phi) is 4.94. The fraction of sp³-hybridized carbons (Fsp3) is 0.286. The van der Waals surface area contributed by atoms with Gasteiger partial charge in [-0.3, -0.25) is 4.79 Å². The first-order valence-electron chi connectivity index (χ1n) is 6.48. The molecule has 2 N–H and O–H groups in total. The molecule has 0 radical (unpaired) electrons. The molecular formula is C14H16N2O4S2. The summed E-state index contributed by atoms with van der Waals surface area (Å²) < 4.78 is 25.0. The van der Waals surface area contributed by atoms with Crippen LogP contribution in [0.5, 0.6) is 0 Å². The van der Waals surface area contributed by atoms with E-state index in [1.165, 1.54) is 11.3 Å². The molecule has 0 saturated carbocycles. The van der Waals surface area contributed by atoms with Crippen molar-refractivity contribution < 1.29 is 18.3 Å². The van der Waals surface area contributed by atoms with Crippen LogP contribution in [0.1, 0.15) is 24.2 Å². The van der Waals surface area contributed by atoms with Gasteiger partial charge in [0.05, 0.1) is 18.4 Å². The van der Waals surface area contributed by atoms with Gasteiger partial charge < -0.3 is 5.11 Å². The summed E-state index contributed by atoms with van der Waals surface area (Å²) in [4.78, 5) is 14.9. The molecule has 0 fully saturated rings. The number of carboxylic acid groups (broad SMARTS) is 1. The lowest BCUT2D eigenvalue weighted by Gasteiger charge is -2.12. The molecule has 0 saturated heterocycles. The Morgan fingerprint density at radius 1 is 1.36 bits per heavy atom. The van der Waals surface area contributed by atoms with Crippen molar-refractivity contribution >= 4 is 27.3 Å². The quantitative estimate of drug-likeness (QED) is 0.839. The zero-order chi connectivity index (χ0) is 16.3. The molecule has 0 aliphatic rings. The maximum atomic E-state index is 11.2. The van der Waals surface area contributed by atoms with Crippen LogP contribution < -0.4 is 4.72 Å². The maximum absolute atomic E-state index is 11.2. The molecule has 22 heavy (non-hydrogen) atoms. The second-order valence-electron chi connectivity index (χ2n) is 4.95. The first-order valence-corrected chi connectivity index (χ1v) is 9.25. The minimum absolute atomic E-state index is 0.0934. The number of rotatable bonds is 6. The molecule has 1 heterocycles. The van der Waals surface area contributed by atoms with Crippen molar-refractivity contribution in [1.82, 2.24) is 9.71 Å². The van der Waals surface area contributed by atoms with Crippen LogP contribution in [0.3, 0.4) is 0 Å². The van der Waals surface area contributed by atoms with Gasteiger partial charge in [0, 0.05) is 17.0 Å². The molecule has 0 aliphatic heterocycles. The SMILES string of the molecule is C[C@H](NS(C)(=O)=O)c1ccc(-c2nc(CC(=O)O)cs2)cc1. The Bertz CT molecular complexity index is 766. The Balaban J connectivity index is 2.14. The summed E-state index contributed by atoms with van der Waals surface area (Å²) in [5, 5.41) is 11.2. The summed E-state index contributed by atoms with van der Waals surface area (Å²) in [6.07, 6.45) is 1.03. The highest BCUT2D eigenvalue weighted by Crippen LogP contribution is 2.25. The van der Waals surface area contributed by atoms with Gasteiger partial charge in [-0.1, -0.05) is 24.3 Å². The number of hydrogen-bond acceptors (Lipinski definition) is 5. The molecule has 8 heteroatoms. The average Bonchev–Trinajstić information content (AvgIpc) is 2.84. The Hall–Kier alpha value is -1.77. The summed E-state index contributed by atoms with van der Waals surface area (Å²) >= 11 is 1.38. The zero-order valence-electron chi connectivity index (χ0n) is 12.1. The number of hydrogen-bond donors (Lipinski definition) is 2. The van der Waals surface area contributed by atoms with Gasteiger partial charge in [0.1, 0.15) is 5.01 Å². The van der Waals surface area contributed by atoms with Gasteiger partial charge in [-0.2, -0.15) is 0 Å². The molecule has 0 bridgehead atoms. The summed E-state index contributed by atoms with van der Waals surface area (Å²) in [7, 11) is -3.26. The molecule has 0 amide bonds. The summed E-state index contributed by atoms with van der Waals surface area (Å²) in [6.45, 7) is 1.77. The average molecular weight is 340 g/mol. The molecule has 0 spiro atoms. The number of nitrogens with one attached hydrogen (secondary N) is 1. The molecule has 0 unspecified atom stereocenters. The molecule has 118 valence electrons. The number of carboxylic acids is 1. The van der Waals surface area contributed by atoms with Crippen LogP contribution in [0.25, 0.3) is 10.6 Å². The van der Waals surface area contributed by atoms with Gasteiger partial charge in [0.15, 0.2) is 0 Å². The fourth-order valence-corrected chi connectivity index (χ4v) is 3.58. The van der Waals surface area contributed by atoms with Crippen LogP contribution in [0.4, 0.5) is 0 Å². The van der Waals surface area contributed by atoms with E-state index in [2.05, 4.69) is 9.71 Å². The van der Waals surface area contributed by atoms with Crippen LogP contribution in [0.15, 0.2) is 29.6 Å². The van der Waals surface area contributed by atoms with Crippen molar-refractivity contribution in [1.29, 1.82) is 0 Å². The Labute approximate surface area is 132 Å². The van der Waals surface area contributed by atoms with Crippen molar-refractivity contribution in [3.63, 3.8) is 0 Å². The van der Waals surface area contributed by atoms with Gasteiger partial charge in [-0.05, 0) is 12.5 Å². The van der Waals surface area contributed by atoms with Crippen LogP contribution in [-0.4, -0.2) is 30.7 Å². The normalized spacial score (nSPS) is 13.0. The monoisotopic (exact) mass is 340 g/mol. The third kappa shape index (κ3) is 4.62. The predicted molar refractivity (Wildman–Crippen MR) is 85.3 cm³/mol. The highest BCUT2D eigenvalue weighted by molar-refractivity contribution is 7.88. The van der Waals surface area contributed by atoms with Gasteiger partial charge in [0.2, 0.25) is 10.0 Å². The van der Waals surface area contributed by atoms with Gasteiger partial charge >= 0.3 is 5.97 Å². The van der Waals surface area contributed by atoms with E-state index in [4.69, 9.17) is 5.11 Å². The number of aromatic nitrogens is 1. The minimum Gasteiger partial charge on any atom is -0.481 e. The number of benzene rings is 1. The largest absolute Gasteiger partial charge is 0.481 e. The Morgan fingerprint density at radius 2 is 2.00 bits per heavy atom. The number of thiazole rings is 1. The van der Waals surface area contributed by atoms with Crippen LogP contribution in [0.2, 0.25) is 0 Å². The maximum Gasteiger partial charge on any atom is 0.309 e. The predicted octanol–water partition coefficient (Wildman–Crippen LogP) is 2.05. The molecule has 1 aromatic carbocycles. The lowest BCUT2D eigenvalue weighted by atomic mass is 10.1. The van der Waals surface area contributed by atoms with E-state index in [0.29, 0.717) is 5.69 Å². The summed E-state index contributed by atoms with van der Waals surface area (Å²) in [5.41, 5.74) is 2.25. The first-order chi connectivity index (χ1) is 10.2. The van der Waals surface area contributed by atoms with Crippen molar-refractivity contribution in [2.24, 2.45) is 0 Å². The third-order valence-electron chi connectivity index (χ3n) is 2.93. The fourth-order valence-electron chi connectivity index (χ4n) is 1.98. The van der Waals surface area contributed by atoms with Crippen molar-refractivity contribution in [3.8, 4) is 10.6 Å². The Morgan fingerprint density at radius 3 is 2.55 bits per heavy atom. The number of sulfonamides is 1. The van der Waals surface area contributed by atoms with E-state index in [1.54, 1.807) is 12.3 Å². The van der Waals surface area contributed by atoms with Crippen LogP contribution >= 0.6 is 11.3 Å². The molecule has 2 rings (SSSR count). The molecule has 6 nitrogen and oxygen atoms in total. The van der Waals surface area contributed by atoms with E-state index < -0.39 is 16.0 Å². The topological polar surface area (TPSA) is 96.4 Å². The zero-order valence-corrected chi connectivity index (χ0v) is 13.7. The van der Waals surface area contributed by atoms with E-state index in [-0.39, 0.29) is 12.5 Å². The lowest BCUT2D eigenvalue weighted by Crippen LogP contribution is -2.25. The van der Waals surface area contributed by atoms with Gasteiger partial charge in [-0.25, -0.2) is 18.1 Å². The lowest BCUT2D eigenvalue weighted by molar-refractivity contribution is -0.136.